The van der Waals surface area contributed by atoms with Crippen molar-refractivity contribution in [1.82, 2.24) is 0 Å². The van der Waals surface area contributed by atoms with Crippen LogP contribution < -0.4 is 5.32 Å². The van der Waals surface area contributed by atoms with Crippen LogP contribution in [-0.2, 0) is 10.9 Å². The fourth-order valence-electron chi connectivity index (χ4n) is 1.60. The van der Waals surface area contributed by atoms with Crippen molar-refractivity contribution in [2.75, 3.05) is 19.0 Å². The molecule has 0 radical (unpaired) electrons. The van der Waals surface area contributed by atoms with Crippen LogP contribution in [0.4, 0.5) is 18.9 Å². The van der Waals surface area contributed by atoms with Crippen molar-refractivity contribution in [1.29, 1.82) is 5.26 Å². The Morgan fingerprint density at radius 1 is 1.30 bits per heavy atom. The van der Waals surface area contributed by atoms with Crippen molar-refractivity contribution in [2.24, 2.45) is 0 Å². The van der Waals surface area contributed by atoms with Gasteiger partial charge in [-0.3, -0.25) is 0 Å². The summed E-state index contributed by atoms with van der Waals surface area (Å²) in [6.07, 6.45) is -3.94. The van der Waals surface area contributed by atoms with Gasteiger partial charge in [0.05, 0.1) is 22.8 Å². The van der Waals surface area contributed by atoms with Crippen LogP contribution in [0.5, 0.6) is 0 Å². The molecule has 0 unspecified atom stereocenters. The summed E-state index contributed by atoms with van der Waals surface area (Å²) in [5, 5.41) is 11.4. The van der Waals surface area contributed by atoms with Gasteiger partial charge in [0.25, 0.3) is 0 Å². The van der Waals surface area contributed by atoms with Crippen molar-refractivity contribution in [3.63, 3.8) is 0 Å². The number of nitrogens with zero attached hydrogens (tertiary/aromatic N) is 1. The van der Waals surface area contributed by atoms with E-state index in [4.69, 9.17) is 10.00 Å². The molecule has 0 bridgehead atoms. The number of anilines is 1. The van der Waals surface area contributed by atoms with Gasteiger partial charge in [-0.2, -0.15) is 18.4 Å². The van der Waals surface area contributed by atoms with Gasteiger partial charge in [-0.15, -0.1) is 0 Å². The molecular formula is C14H17F3N2O. The summed E-state index contributed by atoms with van der Waals surface area (Å²) in [6, 6.07) is 5.20. The molecule has 0 spiro atoms. The van der Waals surface area contributed by atoms with E-state index in [1.165, 1.54) is 12.1 Å². The summed E-state index contributed by atoms with van der Waals surface area (Å²) < 4.78 is 44.0. The Hall–Kier alpha value is -1.74. The third-order valence-electron chi connectivity index (χ3n) is 3.05. The lowest BCUT2D eigenvalue weighted by atomic mass is 10.0. The minimum Gasteiger partial charge on any atom is -0.384 e. The number of rotatable bonds is 5. The van der Waals surface area contributed by atoms with Crippen LogP contribution in [-0.4, -0.2) is 19.3 Å². The largest absolute Gasteiger partial charge is 0.418 e. The Morgan fingerprint density at radius 3 is 2.45 bits per heavy atom. The highest BCUT2D eigenvalue weighted by Gasteiger charge is 2.33. The summed E-state index contributed by atoms with van der Waals surface area (Å²) in [5.74, 6) is 0. The molecule has 1 N–H and O–H groups in total. The predicted molar refractivity (Wildman–Crippen MR) is 70.4 cm³/mol. The molecule has 0 amide bonds. The summed E-state index contributed by atoms with van der Waals surface area (Å²) in [6.45, 7) is 4.06. The van der Waals surface area contributed by atoms with Crippen LogP contribution in [0, 0.1) is 11.3 Å². The molecule has 3 nitrogen and oxygen atoms in total. The molecule has 1 rings (SSSR count). The first-order chi connectivity index (χ1) is 9.19. The second kappa shape index (κ2) is 6.14. The van der Waals surface area contributed by atoms with Crippen LogP contribution >= 0.6 is 0 Å². The van der Waals surface area contributed by atoms with Crippen molar-refractivity contribution in [2.45, 2.75) is 32.0 Å². The summed E-state index contributed by atoms with van der Waals surface area (Å²) >= 11 is 0. The zero-order valence-electron chi connectivity index (χ0n) is 11.6. The lowest BCUT2D eigenvalue weighted by Crippen LogP contribution is -2.26. The van der Waals surface area contributed by atoms with E-state index in [1.807, 2.05) is 13.8 Å². The highest BCUT2D eigenvalue weighted by molar-refractivity contribution is 5.56. The van der Waals surface area contributed by atoms with E-state index >= 15 is 0 Å². The molecule has 1 aromatic carbocycles. The van der Waals surface area contributed by atoms with E-state index in [9.17, 15) is 13.2 Å². The average Bonchev–Trinajstić information content (AvgIpc) is 2.37. The first kappa shape index (κ1) is 16.3. The van der Waals surface area contributed by atoms with Gasteiger partial charge in [0.2, 0.25) is 0 Å². The Bertz CT molecular complexity index is 504. The van der Waals surface area contributed by atoms with Gasteiger partial charge in [-0.1, -0.05) is 0 Å². The zero-order valence-corrected chi connectivity index (χ0v) is 11.6. The molecule has 0 saturated heterocycles. The maximum atomic E-state index is 12.9. The van der Waals surface area contributed by atoms with Crippen molar-refractivity contribution in [3.05, 3.63) is 29.3 Å². The number of hydrogen-bond donors (Lipinski definition) is 1. The molecule has 0 aliphatic rings. The molecule has 0 fully saturated rings. The summed E-state index contributed by atoms with van der Waals surface area (Å²) in [7, 11) is 1.56. The van der Waals surface area contributed by atoms with Gasteiger partial charge in [0.1, 0.15) is 0 Å². The van der Waals surface area contributed by atoms with E-state index in [0.29, 0.717) is 13.0 Å². The topological polar surface area (TPSA) is 45.0 Å². The highest BCUT2D eigenvalue weighted by atomic mass is 19.4. The van der Waals surface area contributed by atoms with Gasteiger partial charge in [0.15, 0.2) is 0 Å². The van der Waals surface area contributed by atoms with E-state index < -0.39 is 17.3 Å². The van der Waals surface area contributed by atoms with Gasteiger partial charge in [0, 0.05) is 19.3 Å². The molecule has 0 heterocycles. The Morgan fingerprint density at radius 2 is 1.95 bits per heavy atom. The second-order valence-corrected chi connectivity index (χ2v) is 5.01. The number of nitrogens with one attached hydrogen (secondary N) is 1. The van der Waals surface area contributed by atoms with Gasteiger partial charge in [-0.05, 0) is 38.5 Å². The number of methoxy groups -OCH3 is 1. The van der Waals surface area contributed by atoms with Gasteiger partial charge in [-0.25, -0.2) is 0 Å². The minimum atomic E-state index is -4.49. The average molecular weight is 286 g/mol. The number of nitriles is 1. The Kier molecular flexibility index (Phi) is 5.01. The lowest BCUT2D eigenvalue weighted by Gasteiger charge is -2.23. The molecule has 0 aliphatic carbocycles. The normalized spacial score (nSPS) is 12.1. The Balaban J connectivity index is 2.88. The fraction of sp³-hybridized carbons (Fsp3) is 0.500. The van der Waals surface area contributed by atoms with Crippen LogP contribution in [0.3, 0.4) is 0 Å². The smallest absolute Gasteiger partial charge is 0.384 e. The number of ether oxygens (including phenoxy) is 1. The molecule has 0 atom stereocenters. The molecular weight excluding hydrogens is 269 g/mol. The second-order valence-electron chi connectivity index (χ2n) is 5.01. The first-order valence-corrected chi connectivity index (χ1v) is 6.10. The van der Waals surface area contributed by atoms with Crippen LogP contribution in [0.25, 0.3) is 0 Å². The number of alkyl halides is 3. The van der Waals surface area contributed by atoms with E-state index in [0.717, 1.165) is 6.07 Å². The maximum Gasteiger partial charge on any atom is 0.418 e. The molecule has 0 aliphatic heterocycles. The van der Waals surface area contributed by atoms with Crippen LogP contribution in [0.1, 0.15) is 31.4 Å². The molecule has 0 saturated carbocycles. The van der Waals surface area contributed by atoms with Crippen molar-refractivity contribution >= 4 is 5.69 Å². The molecule has 0 aromatic heterocycles. The van der Waals surface area contributed by atoms with Crippen LogP contribution in [0.2, 0.25) is 0 Å². The first-order valence-electron chi connectivity index (χ1n) is 6.10. The van der Waals surface area contributed by atoms with E-state index in [1.54, 1.807) is 13.2 Å². The number of hydrogen-bond acceptors (Lipinski definition) is 3. The van der Waals surface area contributed by atoms with E-state index in [-0.39, 0.29) is 11.3 Å². The lowest BCUT2D eigenvalue weighted by molar-refractivity contribution is -0.137. The summed E-state index contributed by atoms with van der Waals surface area (Å²) in [4.78, 5) is 0. The van der Waals surface area contributed by atoms with Crippen LogP contribution in [0.15, 0.2) is 18.2 Å². The number of benzene rings is 1. The quantitative estimate of drug-likeness (QED) is 0.895. The fourth-order valence-corrected chi connectivity index (χ4v) is 1.60. The monoisotopic (exact) mass is 286 g/mol. The third kappa shape index (κ3) is 4.42. The third-order valence-corrected chi connectivity index (χ3v) is 3.05. The number of halogens is 3. The summed E-state index contributed by atoms with van der Waals surface area (Å²) in [5.41, 5.74) is -1.27. The van der Waals surface area contributed by atoms with Gasteiger partial charge < -0.3 is 10.1 Å². The Labute approximate surface area is 116 Å². The predicted octanol–water partition coefficient (Wildman–Crippen LogP) is 3.80. The molecule has 20 heavy (non-hydrogen) atoms. The molecule has 1 aromatic rings. The van der Waals surface area contributed by atoms with Crippen molar-refractivity contribution < 1.29 is 17.9 Å². The molecule has 110 valence electrons. The maximum absolute atomic E-state index is 12.9. The standard InChI is InChI=1S/C14H17F3N2O/c1-13(2,20-3)6-7-19-12-5-4-10(9-18)8-11(12)14(15,16)17/h4-5,8,19H,6-7H2,1-3H3. The molecule has 6 heteroatoms. The van der Waals surface area contributed by atoms with Gasteiger partial charge >= 0.3 is 6.18 Å². The zero-order chi connectivity index (χ0) is 15.4. The minimum absolute atomic E-state index is 0.0138. The van der Waals surface area contributed by atoms with E-state index in [2.05, 4.69) is 5.32 Å². The van der Waals surface area contributed by atoms with Crippen molar-refractivity contribution in [3.8, 4) is 6.07 Å². The SMILES string of the molecule is COC(C)(C)CCNc1ccc(C#N)cc1C(F)(F)F. The highest BCUT2D eigenvalue weighted by Crippen LogP contribution is 2.35.